The first-order chi connectivity index (χ1) is 15.5. The normalized spacial score (nSPS) is 10.7. The van der Waals surface area contributed by atoms with Gasteiger partial charge in [-0.25, -0.2) is 10.2 Å². The van der Waals surface area contributed by atoms with E-state index in [0.717, 1.165) is 16.5 Å². The number of nitrogens with one attached hydrogen (secondary N) is 1. The molecule has 0 saturated heterocycles. The van der Waals surface area contributed by atoms with Crippen LogP contribution in [0.2, 0.25) is 0 Å². The number of benzene rings is 3. The Hall–Kier alpha value is -3.45. The number of carbonyl (C=O) groups excluding carboxylic acids is 2. The van der Waals surface area contributed by atoms with Crippen LogP contribution in [0.15, 0.2) is 76.3 Å². The van der Waals surface area contributed by atoms with Crippen LogP contribution in [0.3, 0.4) is 0 Å². The van der Waals surface area contributed by atoms with Gasteiger partial charge in [-0.1, -0.05) is 40.5 Å². The quantitative estimate of drug-likeness (QED) is 0.193. The van der Waals surface area contributed by atoms with Crippen molar-refractivity contribution in [2.45, 2.75) is 20.3 Å². The maximum absolute atomic E-state index is 12.6. The zero-order valence-corrected chi connectivity index (χ0v) is 19.4. The fourth-order valence-corrected chi connectivity index (χ4v) is 3.17. The van der Waals surface area contributed by atoms with Crippen molar-refractivity contribution in [3.63, 3.8) is 0 Å². The van der Waals surface area contributed by atoms with Crippen molar-refractivity contribution in [1.29, 1.82) is 0 Å². The minimum Gasteiger partial charge on any atom is -0.494 e. The molecule has 0 atom stereocenters. The molecule has 1 N–H and O–H groups in total. The standard InChI is InChI=1S/C25H23BrN2O4/c1-3-13-31-22-10-7-18(8-11-22)25(30)32-23-12-9-21(26)15-20(23)16-27-28-24(29)19-6-4-5-17(2)14-19/h4-12,14-16H,3,13H2,1-2H3,(H,28,29)/b27-16-. The average Bonchev–Trinajstić information content (AvgIpc) is 2.79. The molecule has 32 heavy (non-hydrogen) atoms. The van der Waals surface area contributed by atoms with Crippen molar-refractivity contribution in [3.8, 4) is 11.5 Å². The SMILES string of the molecule is CCCOc1ccc(C(=O)Oc2ccc(Br)cc2/C=N\NC(=O)c2cccc(C)c2)cc1. The first-order valence-electron chi connectivity index (χ1n) is 10.1. The largest absolute Gasteiger partial charge is 0.494 e. The minimum atomic E-state index is -0.507. The highest BCUT2D eigenvalue weighted by Crippen LogP contribution is 2.23. The van der Waals surface area contributed by atoms with Gasteiger partial charge in [0.25, 0.3) is 5.91 Å². The van der Waals surface area contributed by atoms with Crippen LogP contribution in [-0.4, -0.2) is 24.7 Å². The summed E-state index contributed by atoms with van der Waals surface area (Å²) in [6, 6.07) is 19.1. The monoisotopic (exact) mass is 494 g/mol. The van der Waals surface area contributed by atoms with Crippen molar-refractivity contribution >= 4 is 34.0 Å². The second-order valence-electron chi connectivity index (χ2n) is 7.01. The Labute approximate surface area is 195 Å². The lowest BCUT2D eigenvalue weighted by Gasteiger charge is -2.09. The molecular formula is C25H23BrN2O4. The molecule has 164 valence electrons. The van der Waals surface area contributed by atoms with Gasteiger partial charge in [-0.05, 0) is 67.9 Å². The Bertz CT molecular complexity index is 1130. The van der Waals surface area contributed by atoms with E-state index in [4.69, 9.17) is 9.47 Å². The van der Waals surface area contributed by atoms with Crippen LogP contribution >= 0.6 is 15.9 Å². The number of amides is 1. The second kappa shape index (κ2) is 11.2. The summed E-state index contributed by atoms with van der Waals surface area (Å²) in [5, 5.41) is 4.02. The number of hydrogen-bond donors (Lipinski definition) is 1. The van der Waals surface area contributed by atoms with E-state index in [9.17, 15) is 9.59 Å². The summed E-state index contributed by atoms with van der Waals surface area (Å²) >= 11 is 3.40. The minimum absolute atomic E-state index is 0.318. The smallest absolute Gasteiger partial charge is 0.343 e. The van der Waals surface area contributed by atoms with E-state index in [0.29, 0.717) is 34.8 Å². The predicted octanol–water partition coefficient (Wildman–Crippen LogP) is 5.53. The molecule has 0 bridgehead atoms. The number of hydrogen-bond acceptors (Lipinski definition) is 5. The van der Waals surface area contributed by atoms with Gasteiger partial charge >= 0.3 is 5.97 Å². The zero-order valence-electron chi connectivity index (χ0n) is 17.8. The van der Waals surface area contributed by atoms with E-state index in [1.165, 1.54) is 6.21 Å². The van der Waals surface area contributed by atoms with Crippen LogP contribution in [0.25, 0.3) is 0 Å². The van der Waals surface area contributed by atoms with E-state index < -0.39 is 5.97 Å². The van der Waals surface area contributed by atoms with Gasteiger partial charge < -0.3 is 9.47 Å². The van der Waals surface area contributed by atoms with Crippen molar-refractivity contribution in [1.82, 2.24) is 5.43 Å². The van der Waals surface area contributed by atoms with Crippen molar-refractivity contribution in [2.75, 3.05) is 6.61 Å². The third-order valence-electron chi connectivity index (χ3n) is 4.39. The summed E-state index contributed by atoms with van der Waals surface area (Å²) in [6.45, 7) is 4.55. The lowest BCUT2D eigenvalue weighted by Crippen LogP contribution is -2.17. The lowest BCUT2D eigenvalue weighted by atomic mass is 10.1. The molecule has 0 radical (unpaired) electrons. The van der Waals surface area contributed by atoms with Gasteiger partial charge in [0.1, 0.15) is 11.5 Å². The maximum Gasteiger partial charge on any atom is 0.343 e. The van der Waals surface area contributed by atoms with Gasteiger partial charge in [-0.15, -0.1) is 0 Å². The van der Waals surface area contributed by atoms with E-state index in [2.05, 4.69) is 26.5 Å². The number of ether oxygens (including phenoxy) is 2. The average molecular weight is 495 g/mol. The summed E-state index contributed by atoms with van der Waals surface area (Å²) in [7, 11) is 0. The molecule has 1 amide bonds. The Morgan fingerprint density at radius 3 is 2.53 bits per heavy atom. The van der Waals surface area contributed by atoms with E-state index in [1.54, 1.807) is 54.6 Å². The van der Waals surface area contributed by atoms with Crippen LogP contribution in [0.4, 0.5) is 0 Å². The number of carbonyl (C=O) groups is 2. The fraction of sp³-hybridized carbons (Fsp3) is 0.160. The molecule has 3 rings (SSSR count). The summed E-state index contributed by atoms with van der Waals surface area (Å²) in [4.78, 5) is 24.9. The molecule has 0 unspecified atom stereocenters. The summed E-state index contributed by atoms with van der Waals surface area (Å²) in [5.41, 5.74) is 4.90. The lowest BCUT2D eigenvalue weighted by molar-refractivity contribution is 0.0734. The van der Waals surface area contributed by atoms with Crippen molar-refractivity contribution in [3.05, 3.63) is 93.5 Å². The van der Waals surface area contributed by atoms with Gasteiger partial charge in [0.05, 0.1) is 18.4 Å². The van der Waals surface area contributed by atoms with Crippen LogP contribution < -0.4 is 14.9 Å². The molecule has 3 aromatic rings. The van der Waals surface area contributed by atoms with Crippen molar-refractivity contribution in [2.24, 2.45) is 5.10 Å². The Kier molecular flexibility index (Phi) is 8.16. The van der Waals surface area contributed by atoms with Gasteiger partial charge in [0, 0.05) is 15.6 Å². The van der Waals surface area contributed by atoms with E-state index in [1.807, 2.05) is 26.0 Å². The molecule has 3 aromatic carbocycles. The molecule has 0 aliphatic carbocycles. The number of halogens is 1. The first kappa shape index (κ1) is 23.2. The molecule has 6 nitrogen and oxygen atoms in total. The van der Waals surface area contributed by atoms with Crippen LogP contribution in [0, 0.1) is 6.92 Å². The van der Waals surface area contributed by atoms with Gasteiger partial charge in [0.2, 0.25) is 0 Å². The van der Waals surface area contributed by atoms with Crippen LogP contribution in [-0.2, 0) is 0 Å². The Morgan fingerprint density at radius 1 is 1.03 bits per heavy atom. The third kappa shape index (κ3) is 6.52. The summed E-state index contributed by atoms with van der Waals surface area (Å²) in [5.74, 6) is 0.180. The second-order valence-corrected chi connectivity index (χ2v) is 7.93. The molecule has 0 fully saturated rings. The Balaban J connectivity index is 1.69. The Morgan fingerprint density at radius 2 is 1.81 bits per heavy atom. The zero-order chi connectivity index (χ0) is 22.9. The molecule has 0 spiro atoms. The number of nitrogens with zero attached hydrogens (tertiary/aromatic N) is 1. The highest BCUT2D eigenvalue weighted by Gasteiger charge is 2.12. The molecule has 0 aromatic heterocycles. The van der Waals surface area contributed by atoms with Gasteiger partial charge in [0.15, 0.2) is 0 Å². The van der Waals surface area contributed by atoms with E-state index >= 15 is 0 Å². The van der Waals surface area contributed by atoms with Gasteiger partial charge in [-0.2, -0.15) is 5.10 Å². The highest BCUT2D eigenvalue weighted by molar-refractivity contribution is 9.10. The number of esters is 1. The molecule has 7 heteroatoms. The molecular weight excluding hydrogens is 472 g/mol. The maximum atomic E-state index is 12.6. The van der Waals surface area contributed by atoms with Crippen LogP contribution in [0.1, 0.15) is 45.2 Å². The van der Waals surface area contributed by atoms with E-state index in [-0.39, 0.29) is 5.91 Å². The fourth-order valence-electron chi connectivity index (χ4n) is 2.79. The summed E-state index contributed by atoms with van der Waals surface area (Å²) in [6.07, 6.45) is 2.34. The highest BCUT2D eigenvalue weighted by atomic mass is 79.9. The van der Waals surface area contributed by atoms with Crippen molar-refractivity contribution < 1.29 is 19.1 Å². The first-order valence-corrected chi connectivity index (χ1v) is 10.9. The number of rotatable bonds is 8. The molecule has 0 aliphatic rings. The topological polar surface area (TPSA) is 77.0 Å². The third-order valence-corrected chi connectivity index (χ3v) is 4.88. The van der Waals surface area contributed by atoms with Crippen LogP contribution in [0.5, 0.6) is 11.5 Å². The molecule has 0 aliphatic heterocycles. The number of hydrazone groups is 1. The molecule has 0 saturated carbocycles. The predicted molar refractivity (Wildman–Crippen MR) is 128 cm³/mol. The molecule has 0 heterocycles. The van der Waals surface area contributed by atoms with Gasteiger partial charge in [-0.3, -0.25) is 4.79 Å². The number of aryl methyl sites for hydroxylation is 1. The summed E-state index contributed by atoms with van der Waals surface area (Å²) < 4.78 is 11.9.